The van der Waals surface area contributed by atoms with E-state index in [0.717, 1.165) is 43.3 Å². The number of aliphatic carboxylic acids is 4. The third kappa shape index (κ3) is 11.0. The number of fused-ring (bicyclic) bond motifs is 2. The van der Waals surface area contributed by atoms with Gasteiger partial charge in [-0.3, -0.25) is 4.90 Å². The van der Waals surface area contributed by atoms with E-state index < -0.39 is 23.9 Å². The average Bonchev–Trinajstić information content (AvgIpc) is 2.93. The number of carbonyl (C=O) groups is 4. The minimum absolute atomic E-state index is 0.0907. The van der Waals surface area contributed by atoms with Crippen molar-refractivity contribution >= 4 is 47.2 Å². The maximum atomic E-state index is 9.75. The molecule has 0 aromatic heterocycles. The minimum atomic E-state index is -1.26. The third-order valence-corrected chi connectivity index (χ3v) is 7.85. The maximum absolute atomic E-state index is 9.75. The molecule has 2 heterocycles. The van der Waals surface area contributed by atoms with Gasteiger partial charge in [-0.1, -0.05) is 29.4 Å². The minimum Gasteiger partial charge on any atom is -0.478 e. The van der Waals surface area contributed by atoms with E-state index in [1.54, 1.807) is 0 Å². The number of hydrogen-bond acceptors (Lipinski definition) is 8. The molecule has 2 aromatic rings. The van der Waals surface area contributed by atoms with Crippen LogP contribution in [0.4, 0.5) is 0 Å². The summed E-state index contributed by atoms with van der Waals surface area (Å²) in [6, 6.07) is 10.5. The molecular formula is C29H33ClN2O9S. The molecule has 11 nitrogen and oxygen atoms in total. The maximum Gasteiger partial charge on any atom is 0.328 e. The van der Waals surface area contributed by atoms with Crippen molar-refractivity contribution in [2.24, 2.45) is 0 Å². The molecule has 2 aliphatic rings. The van der Waals surface area contributed by atoms with Gasteiger partial charge >= 0.3 is 23.9 Å². The molecule has 1 unspecified atom stereocenters. The van der Waals surface area contributed by atoms with Crippen molar-refractivity contribution in [3.8, 4) is 0 Å². The monoisotopic (exact) mass is 620 g/mol. The van der Waals surface area contributed by atoms with Gasteiger partial charge in [0.1, 0.15) is 0 Å². The first kappa shape index (κ1) is 34.5. The number of rotatable bonds is 7. The van der Waals surface area contributed by atoms with Gasteiger partial charge < -0.3 is 30.4 Å². The molecule has 4 rings (SSSR count). The smallest absolute Gasteiger partial charge is 0.328 e. The van der Waals surface area contributed by atoms with E-state index in [1.807, 2.05) is 17.8 Å². The van der Waals surface area contributed by atoms with Crippen LogP contribution in [0.3, 0.4) is 0 Å². The van der Waals surface area contributed by atoms with Crippen LogP contribution in [0.2, 0.25) is 5.02 Å². The second kappa shape index (κ2) is 16.7. The Morgan fingerprint density at radius 1 is 0.857 bits per heavy atom. The Balaban J connectivity index is 0.000000319. The van der Waals surface area contributed by atoms with Gasteiger partial charge in [-0.25, -0.2) is 19.2 Å². The quantitative estimate of drug-likeness (QED) is 0.286. The van der Waals surface area contributed by atoms with Crippen molar-refractivity contribution in [1.29, 1.82) is 0 Å². The van der Waals surface area contributed by atoms with E-state index in [-0.39, 0.29) is 6.61 Å². The topological polar surface area (TPSA) is 176 Å². The highest BCUT2D eigenvalue weighted by molar-refractivity contribution is 7.99. The molecule has 13 heteroatoms. The predicted octanol–water partition coefficient (Wildman–Crippen LogP) is 3.41. The van der Waals surface area contributed by atoms with Crippen LogP contribution >= 0.6 is 23.4 Å². The molecule has 0 aliphatic carbocycles. The van der Waals surface area contributed by atoms with Crippen molar-refractivity contribution in [3.63, 3.8) is 0 Å². The highest BCUT2D eigenvalue weighted by Gasteiger charge is 2.31. The van der Waals surface area contributed by atoms with Crippen LogP contribution in [-0.4, -0.2) is 99.0 Å². The number of aliphatic hydroxyl groups is 1. The summed E-state index contributed by atoms with van der Waals surface area (Å²) in [6.45, 7) is 7.68. The fraction of sp³-hybridized carbons (Fsp3) is 0.310. The fourth-order valence-corrected chi connectivity index (χ4v) is 5.78. The predicted molar refractivity (Wildman–Crippen MR) is 157 cm³/mol. The van der Waals surface area contributed by atoms with Crippen molar-refractivity contribution in [3.05, 3.63) is 81.9 Å². The summed E-state index contributed by atoms with van der Waals surface area (Å²) in [5, 5.41) is 41.8. The Kier molecular flexibility index (Phi) is 13.7. The Labute approximate surface area is 252 Å². The van der Waals surface area contributed by atoms with Gasteiger partial charge in [0.05, 0.1) is 6.61 Å². The molecule has 2 aromatic carbocycles. The largest absolute Gasteiger partial charge is 0.478 e. The molecule has 0 amide bonds. The third-order valence-electron chi connectivity index (χ3n) is 6.45. The summed E-state index contributed by atoms with van der Waals surface area (Å²) >= 11 is 8.18. The normalized spacial score (nSPS) is 16.4. The Bertz CT molecular complexity index is 1290. The molecule has 0 saturated carbocycles. The second-order valence-corrected chi connectivity index (χ2v) is 10.9. The number of aliphatic hydroxyl groups excluding tert-OH is 1. The number of carboxylic acids is 4. The Hall–Kier alpha value is -3.68. The fourth-order valence-electron chi connectivity index (χ4n) is 4.36. The molecule has 42 heavy (non-hydrogen) atoms. The van der Waals surface area contributed by atoms with Crippen LogP contribution in [0.5, 0.6) is 0 Å². The number of hydrogen-bond donors (Lipinski definition) is 5. The summed E-state index contributed by atoms with van der Waals surface area (Å²) in [5.41, 5.74) is 4.95. The van der Waals surface area contributed by atoms with Crippen molar-refractivity contribution in [2.75, 3.05) is 39.8 Å². The van der Waals surface area contributed by atoms with Crippen molar-refractivity contribution in [1.82, 2.24) is 9.80 Å². The van der Waals surface area contributed by atoms with Gasteiger partial charge in [-0.05, 0) is 60.5 Å². The number of benzene rings is 2. The van der Waals surface area contributed by atoms with E-state index in [0.29, 0.717) is 30.2 Å². The molecular weight excluding hydrogens is 588 g/mol. The molecule has 0 spiro atoms. The van der Waals surface area contributed by atoms with E-state index >= 15 is 0 Å². The molecule has 1 atom stereocenters. The zero-order chi connectivity index (χ0) is 31.4. The molecule has 1 saturated heterocycles. The van der Waals surface area contributed by atoms with Gasteiger partial charge in [0.2, 0.25) is 0 Å². The average molecular weight is 621 g/mol. The number of carboxylic acid groups (broad SMARTS) is 4. The van der Waals surface area contributed by atoms with Crippen molar-refractivity contribution < 1.29 is 44.7 Å². The lowest BCUT2D eigenvalue weighted by Gasteiger charge is -2.37. The van der Waals surface area contributed by atoms with Gasteiger partial charge in [0.25, 0.3) is 0 Å². The van der Waals surface area contributed by atoms with Gasteiger partial charge in [-0.15, -0.1) is 0 Å². The van der Waals surface area contributed by atoms with Crippen LogP contribution in [0.25, 0.3) is 0 Å². The first-order valence-electron chi connectivity index (χ1n) is 12.7. The summed E-state index contributed by atoms with van der Waals surface area (Å²) in [5.74, 6) is -4.73. The Morgan fingerprint density at radius 2 is 1.36 bits per heavy atom. The lowest BCUT2D eigenvalue weighted by atomic mass is 9.85. The highest BCUT2D eigenvalue weighted by Crippen LogP contribution is 2.48. The molecule has 2 aliphatic heterocycles. The second-order valence-electron chi connectivity index (χ2n) is 9.38. The standard InChI is InChI=1S/C21H25ClN2OS.2C4H4O4/c1-14-15(13-25)3-5-20-21(14)18(12-24-9-7-23(2)8-10-24)17-11-16(22)4-6-19(17)26-20;2*5-3(6)1-2-4(7)8/h3-6,11,18,25H,7-10,12-13H2,1-2H3;2*1-2H,(H,5,6)(H,7,8)/b;2*2-1+. The summed E-state index contributed by atoms with van der Waals surface area (Å²) < 4.78 is 0. The molecule has 226 valence electrons. The van der Waals surface area contributed by atoms with Crippen LogP contribution in [0.1, 0.15) is 28.2 Å². The summed E-state index contributed by atoms with van der Waals surface area (Å²) in [7, 11) is 2.19. The van der Waals surface area contributed by atoms with Crippen LogP contribution < -0.4 is 0 Å². The highest BCUT2D eigenvalue weighted by atomic mass is 35.5. The number of nitrogens with zero attached hydrogens (tertiary/aromatic N) is 2. The molecule has 1 fully saturated rings. The van der Waals surface area contributed by atoms with Gasteiger partial charge in [0, 0.05) is 77.8 Å². The molecule has 0 bridgehead atoms. The SMILES string of the molecule is Cc1c(CO)ccc2c1C(CN1CCN(C)CC1)c1cc(Cl)ccc1S2.O=C(O)/C=C/C(=O)O.O=C(O)/C=C/C(=O)O. The van der Waals surface area contributed by atoms with Crippen LogP contribution in [0.15, 0.2) is 64.4 Å². The molecule has 0 radical (unpaired) electrons. The van der Waals surface area contributed by atoms with E-state index in [2.05, 4.69) is 48.0 Å². The lowest BCUT2D eigenvalue weighted by molar-refractivity contribution is -0.134. The van der Waals surface area contributed by atoms with Crippen LogP contribution in [0, 0.1) is 6.92 Å². The van der Waals surface area contributed by atoms with E-state index in [9.17, 15) is 24.3 Å². The van der Waals surface area contributed by atoms with E-state index in [1.165, 1.54) is 26.5 Å². The lowest BCUT2D eigenvalue weighted by Crippen LogP contribution is -2.46. The van der Waals surface area contributed by atoms with E-state index in [4.69, 9.17) is 32.0 Å². The summed E-state index contributed by atoms with van der Waals surface area (Å²) in [4.78, 5) is 45.8. The number of halogens is 1. The molecule has 5 N–H and O–H groups in total. The van der Waals surface area contributed by atoms with Gasteiger partial charge in [-0.2, -0.15) is 0 Å². The van der Waals surface area contributed by atoms with Crippen LogP contribution in [-0.2, 0) is 25.8 Å². The number of piperazine rings is 1. The number of likely N-dealkylation sites (N-methyl/N-ethyl adjacent to an activating group) is 1. The zero-order valence-corrected chi connectivity index (χ0v) is 24.6. The zero-order valence-electron chi connectivity index (χ0n) is 23.1. The van der Waals surface area contributed by atoms with Gasteiger partial charge in [0.15, 0.2) is 0 Å². The Morgan fingerprint density at radius 3 is 1.83 bits per heavy atom. The van der Waals surface area contributed by atoms with Crippen molar-refractivity contribution in [2.45, 2.75) is 29.2 Å². The summed E-state index contributed by atoms with van der Waals surface area (Å²) in [6.07, 6.45) is 2.23. The first-order valence-corrected chi connectivity index (χ1v) is 13.9. The first-order chi connectivity index (χ1) is 19.8.